The highest BCUT2D eigenvalue weighted by atomic mass is 35.5. The molecule has 1 unspecified atom stereocenters. The maximum Gasteiger partial charge on any atom is 0.227 e. The number of carbonyl (C=O) groups is 1. The number of nitrogens with one attached hydrogen (secondary N) is 1. The lowest BCUT2D eigenvalue weighted by Crippen LogP contribution is -2.38. The molecule has 0 saturated carbocycles. The van der Waals surface area contributed by atoms with Crippen molar-refractivity contribution in [3.8, 4) is 0 Å². The zero-order valence-electron chi connectivity index (χ0n) is 16.2. The molecule has 1 fully saturated rings. The lowest BCUT2D eigenvalue weighted by atomic mass is 9.98. The fraction of sp³-hybridized carbons (Fsp3) is 0.364. The van der Waals surface area contributed by atoms with Crippen molar-refractivity contribution in [3.05, 3.63) is 63.6 Å². The van der Waals surface area contributed by atoms with E-state index in [-0.39, 0.29) is 17.9 Å². The quantitative estimate of drug-likeness (QED) is 0.431. The Morgan fingerprint density at radius 3 is 2.62 bits per heavy atom. The monoisotopic (exact) mass is 447 g/mol. The molecule has 3 rings (SSSR count). The van der Waals surface area contributed by atoms with Crippen molar-refractivity contribution in [2.45, 2.75) is 31.7 Å². The van der Waals surface area contributed by atoms with Gasteiger partial charge in [0.2, 0.25) is 5.91 Å². The predicted molar refractivity (Wildman–Crippen MR) is 123 cm³/mol. The maximum atomic E-state index is 13.0. The number of rotatable bonds is 7. The van der Waals surface area contributed by atoms with Crippen LogP contribution in [0.5, 0.6) is 0 Å². The van der Waals surface area contributed by atoms with Gasteiger partial charge in [-0.3, -0.25) is 4.79 Å². The minimum Gasteiger partial charge on any atom is -0.347 e. The topological polar surface area (TPSA) is 44.7 Å². The molecule has 1 amide bonds. The number of hydrogen-bond donors (Lipinski definition) is 1. The van der Waals surface area contributed by atoms with Gasteiger partial charge in [0, 0.05) is 6.54 Å². The van der Waals surface area contributed by atoms with Crippen molar-refractivity contribution >= 4 is 52.2 Å². The van der Waals surface area contributed by atoms with Crippen LogP contribution in [0.2, 0.25) is 10.0 Å². The van der Waals surface area contributed by atoms with Crippen LogP contribution in [0.4, 0.5) is 5.69 Å². The van der Waals surface area contributed by atoms with Crippen LogP contribution in [-0.2, 0) is 4.79 Å². The fourth-order valence-corrected chi connectivity index (χ4v) is 3.96. The molecule has 152 valence electrons. The zero-order valence-corrected chi connectivity index (χ0v) is 18.5. The van der Waals surface area contributed by atoms with E-state index in [0.29, 0.717) is 10.0 Å². The molecule has 1 heterocycles. The lowest BCUT2D eigenvalue weighted by molar-refractivity contribution is -0.123. The second-order valence-electron chi connectivity index (χ2n) is 7.26. The van der Waals surface area contributed by atoms with Crippen LogP contribution in [0.15, 0.2) is 47.5 Å². The first kappa shape index (κ1) is 21.9. The van der Waals surface area contributed by atoms with E-state index in [1.807, 2.05) is 37.3 Å². The Morgan fingerprint density at radius 2 is 1.93 bits per heavy atom. The van der Waals surface area contributed by atoms with Gasteiger partial charge in [0.05, 0.1) is 32.9 Å². The Bertz CT molecular complexity index is 924. The minimum absolute atomic E-state index is 0.0590. The first-order chi connectivity index (χ1) is 14.0. The zero-order chi connectivity index (χ0) is 20.8. The average molecular weight is 448 g/mol. The molecule has 1 saturated heterocycles. The highest BCUT2D eigenvalue weighted by Crippen LogP contribution is 2.28. The standard InChI is InChI=1S/C22H23Cl2N3OS/c1-15(16-7-8-19(23)20(24)12-16)22(28)26-21(13-27-9-2-3-10-27)17-5-4-6-18(11-17)25-14-29/h4-8,11-12,15,21H,2-3,9-10,13H2,1H3,(H,26,28)/t15?,21-/m1/s1. The number of isothiocyanates is 1. The number of likely N-dealkylation sites (tertiary alicyclic amines) is 1. The first-order valence-electron chi connectivity index (χ1n) is 9.63. The van der Waals surface area contributed by atoms with Crippen molar-refractivity contribution in [1.82, 2.24) is 10.2 Å². The Morgan fingerprint density at radius 1 is 1.17 bits per heavy atom. The number of halogens is 2. The predicted octanol–water partition coefficient (Wildman–Crippen LogP) is 5.78. The van der Waals surface area contributed by atoms with Gasteiger partial charge in [-0.05, 0) is 80.5 Å². The molecule has 29 heavy (non-hydrogen) atoms. The van der Waals surface area contributed by atoms with Gasteiger partial charge in [0.1, 0.15) is 0 Å². The molecule has 1 aliphatic rings. The molecule has 7 heteroatoms. The molecule has 0 aromatic heterocycles. The normalized spacial score (nSPS) is 16.1. The van der Waals surface area contributed by atoms with Gasteiger partial charge in [-0.25, -0.2) is 0 Å². The second kappa shape index (κ2) is 10.3. The molecular weight excluding hydrogens is 425 g/mol. The Hall–Kier alpha value is -1.75. The molecular formula is C22H23Cl2N3OS. The molecule has 1 aliphatic heterocycles. The average Bonchev–Trinajstić information content (AvgIpc) is 3.22. The summed E-state index contributed by atoms with van der Waals surface area (Å²) < 4.78 is 0. The summed E-state index contributed by atoms with van der Waals surface area (Å²) in [6.45, 7) is 4.72. The third-order valence-corrected chi connectivity index (χ3v) is 6.07. The van der Waals surface area contributed by atoms with Crippen molar-refractivity contribution in [2.24, 2.45) is 4.99 Å². The van der Waals surface area contributed by atoms with Gasteiger partial charge >= 0.3 is 0 Å². The van der Waals surface area contributed by atoms with Crippen LogP contribution in [-0.4, -0.2) is 35.6 Å². The van der Waals surface area contributed by atoms with E-state index in [2.05, 4.69) is 20.4 Å². The smallest absolute Gasteiger partial charge is 0.227 e. The molecule has 0 radical (unpaired) electrons. The summed E-state index contributed by atoms with van der Waals surface area (Å²) in [5, 5.41) is 6.54. The van der Waals surface area contributed by atoms with Crippen LogP contribution in [0.3, 0.4) is 0 Å². The van der Waals surface area contributed by atoms with E-state index in [4.69, 9.17) is 35.4 Å². The fourth-order valence-electron chi connectivity index (χ4n) is 3.55. The van der Waals surface area contributed by atoms with Gasteiger partial charge < -0.3 is 10.2 Å². The molecule has 2 aromatic carbocycles. The van der Waals surface area contributed by atoms with Gasteiger partial charge in [0.25, 0.3) is 0 Å². The van der Waals surface area contributed by atoms with Crippen molar-refractivity contribution < 1.29 is 4.79 Å². The summed E-state index contributed by atoms with van der Waals surface area (Å²) in [6, 6.07) is 12.9. The van der Waals surface area contributed by atoms with Crippen molar-refractivity contribution in [2.75, 3.05) is 19.6 Å². The maximum absolute atomic E-state index is 13.0. The highest BCUT2D eigenvalue weighted by Gasteiger charge is 2.24. The Balaban J connectivity index is 1.81. The summed E-state index contributed by atoms with van der Waals surface area (Å²) in [5.41, 5.74) is 2.56. The second-order valence-corrected chi connectivity index (χ2v) is 8.26. The van der Waals surface area contributed by atoms with Crippen LogP contribution >= 0.6 is 35.4 Å². The van der Waals surface area contributed by atoms with Crippen molar-refractivity contribution in [3.63, 3.8) is 0 Å². The number of hydrogen-bond acceptors (Lipinski definition) is 4. The number of nitrogens with zero attached hydrogens (tertiary/aromatic N) is 2. The largest absolute Gasteiger partial charge is 0.347 e. The van der Waals surface area contributed by atoms with E-state index >= 15 is 0 Å². The summed E-state index contributed by atoms with van der Waals surface area (Å²) >= 11 is 16.9. The van der Waals surface area contributed by atoms with Crippen LogP contribution in [0, 0.1) is 0 Å². The Kier molecular flexibility index (Phi) is 7.82. The van der Waals surface area contributed by atoms with E-state index in [0.717, 1.165) is 36.4 Å². The van der Waals surface area contributed by atoms with Crippen LogP contribution < -0.4 is 5.32 Å². The minimum atomic E-state index is -0.354. The first-order valence-corrected chi connectivity index (χ1v) is 10.8. The van der Waals surface area contributed by atoms with E-state index in [9.17, 15) is 4.79 Å². The molecule has 4 nitrogen and oxygen atoms in total. The third-order valence-electron chi connectivity index (χ3n) is 5.24. The number of benzene rings is 2. The van der Waals surface area contributed by atoms with Gasteiger partial charge in [-0.1, -0.05) is 41.4 Å². The molecule has 0 spiro atoms. The Labute approximate surface area is 186 Å². The van der Waals surface area contributed by atoms with E-state index < -0.39 is 0 Å². The molecule has 0 bridgehead atoms. The number of aliphatic imine (C=N–C) groups is 1. The molecule has 1 N–H and O–H groups in total. The SMILES string of the molecule is CC(C(=O)N[C@H](CN1CCCC1)c1cccc(N=C=S)c1)c1ccc(Cl)c(Cl)c1. The number of thiocarbonyl (C=S) groups is 1. The summed E-state index contributed by atoms with van der Waals surface area (Å²) in [5.74, 6) is -0.413. The molecule has 2 atom stereocenters. The summed E-state index contributed by atoms with van der Waals surface area (Å²) in [4.78, 5) is 19.5. The molecule has 0 aliphatic carbocycles. The summed E-state index contributed by atoms with van der Waals surface area (Å²) in [7, 11) is 0. The van der Waals surface area contributed by atoms with Gasteiger partial charge in [-0.15, -0.1) is 0 Å². The van der Waals surface area contributed by atoms with E-state index in [1.165, 1.54) is 12.8 Å². The van der Waals surface area contributed by atoms with E-state index in [1.54, 1.807) is 12.1 Å². The number of amides is 1. The van der Waals surface area contributed by atoms with Crippen LogP contribution in [0.1, 0.15) is 42.9 Å². The summed E-state index contributed by atoms with van der Waals surface area (Å²) in [6.07, 6.45) is 2.38. The van der Waals surface area contributed by atoms with Gasteiger partial charge in [-0.2, -0.15) is 4.99 Å². The molecule has 2 aromatic rings. The van der Waals surface area contributed by atoms with Gasteiger partial charge in [0.15, 0.2) is 0 Å². The third kappa shape index (κ3) is 5.88. The lowest BCUT2D eigenvalue weighted by Gasteiger charge is -2.26. The van der Waals surface area contributed by atoms with Crippen LogP contribution in [0.25, 0.3) is 0 Å². The highest BCUT2D eigenvalue weighted by molar-refractivity contribution is 7.78. The van der Waals surface area contributed by atoms with Crippen molar-refractivity contribution in [1.29, 1.82) is 0 Å². The number of carbonyl (C=O) groups excluding carboxylic acids is 1.